The van der Waals surface area contributed by atoms with Gasteiger partial charge in [-0.1, -0.05) is 0 Å². The number of benzene rings is 2. The van der Waals surface area contributed by atoms with Crippen molar-refractivity contribution in [2.24, 2.45) is 0 Å². The second-order valence-electron chi connectivity index (χ2n) is 15.3. The molecule has 25 heteroatoms. The maximum Gasteiger partial charge on any atom is 0.416 e. The van der Waals surface area contributed by atoms with Gasteiger partial charge in [0, 0.05) is 37.1 Å². The number of nitrogens with zero attached hydrogens (tertiary/aromatic N) is 7. The highest BCUT2D eigenvalue weighted by Crippen LogP contribution is 2.35. The van der Waals surface area contributed by atoms with E-state index in [1.165, 1.54) is 54.9 Å². The van der Waals surface area contributed by atoms with Crippen molar-refractivity contribution in [3.8, 4) is 34.5 Å². The molecule has 0 atom stereocenters. The molecule has 2 aliphatic rings. The molecular weight excluding hydrogens is 989 g/mol. The number of hydrogen-bond donors (Lipinski definition) is 4. The Hall–Kier alpha value is -7.24. The minimum absolute atomic E-state index is 0. The number of nitrogens with one attached hydrogen (secondary N) is 1. The fraction of sp³-hybridized carbons (Fsp3) is 0.304. The third-order valence-electron chi connectivity index (χ3n) is 10.7. The van der Waals surface area contributed by atoms with E-state index in [-0.39, 0.29) is 71.1 Å². The summed E-state index contributed by atoms with van der Waals surface area (Å²) in [6.07, 6.45) is -2.72. The molecule has 0 spiro atoms. The van der Waals surface area contributed by atoms with Gasteiger partial charge in [0.05, 0.1) is 37.7 Å². The Bertz CT molecular complexity index is 2640. The molecule has 4 aromatic heterocycles. The SMILES string of the molecule is COc1cc(N)nnc1C1CCN(C(=O)c2ccc(Oc3ccc(C(F)(F)F)cc3)cn2)CC1.COc1cc(N)nnc1C1CCNCC1.Cl.Cl.O=C(O)c1ccc(Oc2ccc(C(F)(F)F)cc2)cn1. The van der Waals surface area contributed by atoms with Crippen LogP contribution in [0.15, 0.2) is 97.3 Å². The van der Waals surface area contributed by atoms with Crippen LogP contribution >= 0.6 is 24.8 Å². The number of carboxylic acid groups (broad SMARTS) is 1. The summed E-state index contributed by atoms with van der Waals surface area (Å²) < 4.78 is 96.5. The molecule has 2 aromatic carbocycles. The minimum atomic E-state index is -4.41. The fourth-order valence-corrected chi connectivity index (χ4v) is 7.13. The first-order valence-corrected chi connectivity index (χ1v) is 21.1. The van der Waals surface area contributed by atoms with Crippen molar-refractivity contribution in [1.29, 1.82) is 0 Å². The van der Waals surface area contributed by atoms with Crippen LogP contribution < -0.4 is 35.7 Å². The fourth-order valence-electron chi connectivity index (χ4n) is 7.13. The molecule has 8 rings (SSSR count). The number of ether oxygens (including phenoxy) is 4. The maximum atomic E-state index is 12.9. The zero-order chi connectivity index (χ0) is 49.7. The van der Waals surface area contributed by atoms with E-state index in [2.05, 4.69) is 35.7 Å². The van der Waals surface area contributed by atoms with Crippen LogP contribution in [0.2, 0.25) is 0 Å². The van der Waals surface area contributed by atoms with E-state index in [4.69, 9.17) is 35.5 Å². The predicted octanol–water partition coefficient (Wildman–Crippen LogP) is 9.26. The number of aromatic carboxylic acids is 1. The number of alkyl halides is 6. The van der Waals surface area contributed by atoms with E-state index in [9.17, 15) is 35.9 Å². The van der Waals surface area contributed by atoms with Crippen molar-refractivity contribution in [1.82, 2.24) is 40.6 Å². The van der Waals surface area contributed by atoms with Crippen LogP contribution in [0.4, 0.5) is 38.0 Å². The normalized spacial score (nSPS) is 13.9. The number of rotatable bonds is 10. The summed E-state index contributed by atoms with van der Waals surface area (Å²) in [5.74, 6) is 2.15. The molecule has 71 heavy (non-hydrogen) atoms. The van der Waals surface area contributed by atoms with Crippen LogP contribution in [0.3, 0.4) is 0 Å². The second-order valence-corrected chi connectivity index (χ2v) is 15.3. The van der Waals surface area contributed by atoms with Gasteiger partial charge in [0.2, 0.25) is 0 Å². The maximum absolute atomic E-state index is 12.9. The molecular formula is C46H48Cl2F6N10O7. The van der Waals surface area contributed by atoms with Crippen LogP contribution in [-0.2, 0) is 12.4 Å². The summed E-state index contributed by atoms with van der Waals surface area (Å²) in [4.78, 5) is 33.0. The van der Waals surface area contributed by atoms with Gasteiger partial charge in [-0.3, -0.25) is 4.79 Å². The number of carboxylic acids is 1. The highest BCUT2D eigenvalue weighted by molar-refractivity contribution is 5.92. The summed E-state index contributed by atoms with van der Waals surface area (Å²) in [6, 6.07) is 17.6. The standard InChI is InChI=1S/C23H22F3N5O3.C13H8F3NO3.C10H16N4O.2ClH/c1-33-19-12-20(27)29-30-21(19)14-8-10-31(11-9-14)22(32)18-7-6-17(13-28-18)34-16-4-2-15(3-5-16)23(24,25)26;14-13(15,16)8-1-3-9(4-2-8)20-10-5-6-11(12(18)19)17-7-10;1-15-8-6-9(11)13-14-10(8)7-2-4-12-5-3-7;;/h2-7,12-14H,8-11H2,1H3,(H2,27,29);1-7H,(H,18,19);6-7,12H,2-5H2,1H3,(H2,11,13);2*1H. The molecule has 0 bridgehead atoms. The number of carbonyl (C=O) groups excluding carboxylic acids is 1. The van der Waals surface area contributed by atoms with Gasteiger partial charge in [0.1, 0.15) is 68.9 Å². The van der Waals surface area contributed by atoms with E-state index >= 15 is 0 Å². The van der Waals surface area contributed by atoms with Crippen molar-refractivity contribution in [2.45, 2.75) is 49.9 Å². The van der Waals surface area contributed by atoms with Gasteiger partial charge < -0.3 is 45.7 Å². The third kappa shape index (κ3) is 15.9. The lowest BCUT2D eigenvalue weighted by Gasteiger charge is -2.31. The molecule has 1 amide bonds. The van der Waals surface area contributed by atoms with Crippen LogP contribution in [-0.4, -0.2) is 92.6 Å². The zero-order valence-electron chi connectivity index (χ0n) is 37.8. The van der Waals surface area contributed by atoms with Gasteiger partial charge in [-0.2, -0.15) is 26.3 Å². The molecule has 2 aliphatic heterocycles. The molecule has 380 valence electrons. The first-order valence-electron chi connectivity index (χ1n) is 21.1. The summed E-state index contributed by atoms with van der Waals surface area (Å²) in [5.41, 5.74) is 11.5. The molecule has 6 aromatic rings. The zero-order valence-corrected chi connectivity index (χ0v) is 39.4. The van der Waals surface area contributed by atoms with E-state index in [0.29, 0.717) is 49.2 Å². The monoisotopic (exact) mass is 1040 g/mol. The number of aromatic nitrogens is 6. The number of pyridine rings is 2. The van der Waals surface area contributed by atoms with Gasteiger partial charge in [0.15, 0.2) is 0 Å². The minimum Gasteiger partial charge on any atom is -0.495 e. The van der Waals surface area contributed by atoms with Gasteiger partial charge in [-0.05, 0) is 112 Å². The van der Waals surface area contributed by atoms with Crippen molar-refractivity contribution in [2.75, 3.05) is 51.9 Å². The summed E-state index contributed by atoms with van der Waals surface area (Å²) in [7, 11) is 3.19. The molecule has 6 N–H and O–H groups in total. The van der Waals surface area contributed by atoms with Gasteiger partial charge in [-0.15, -0.1) is 45.2 Å². The number of amides is 1. The lowest BCUT2D eigenvalue weighted by molar-refractivity contribution is -0.138. The Balaban J connectivity index is 0.000000251. The number of carbonyl (C=O) groups is 2. The molecule has 2 fully saturated rings. The lowest BCUT2D eigenvalue weighted by Crippen LogP contribution is -2.38. The highest BCUT2D eigenvalue weighted by atomic mass is 35.5. The number of hydrogen-bond acceptors (Lipinski definition) is 15. The smallest absolute Gasteiger partial charge is 0.416 e. The second kappa shape index (κ2) is 25.6. The topological polar surface area (TPSA) is 236 Å². The van der Waals surface area contributed by atoms with E-state index in [1.807, 2.05) is 0 Å². The van der Waals surface area contributed by atoms with E-state index in [1.54, 1.807) is 37.3 Å². The number of methoxy groups -OCH3 is 2. The van der Waals surface area contributed by atoms with Crippen molar-refractivity contribution in [3.05, 3.63) is 131 Å². The molecule has 0 aliphatic carbocycles. The van der Waals surface area contributed by atoms with Crippen molar-refractivity contribution >= 4 is 48.3 Å². The highest BCUT2D eigenvalue weighted by Gasteiger charge is 2.32. The Morgan fingerprint density at radius 2 is 1.00 bits per heavy atom. The average molecular weight is 1040 g/mol. The van der Waals surface area contributed by atoms with Crippen LogP contribution in [0.25, 0.3) is 0 Å². The average Bonchev–Trinajstić information content (AvgIpc) is 3.34. The van der Waals surface area contributed by atoms with Gasteiger partial charge in [-0.25, -0.2) is 14.8 Å². The van der Waals surface area contributed by atoms with Crippen LogP contribution in [0, 0.1) is 0 Å². The number of likely N-dealkylation sites (tertiary alicyclic amines) is 1. The van der Waals surface area contributed by atoms with Gasteiger partial charge >= 0.3 is 18.3 Å². The lowest BCUT2D eigenvalue weighted by atomic mass is 9.92. The van der Waals surface area contributed by atoms with Crippen molar-refractivity contribution < 1.29 is 60.0 Å². The predicted molar refractivity (Wildman–Crippen MR) is 252 cm³/mol. The number of nitrogen functional groups attached to an aromatic ring is 2. The van der Waals surface area contributed by atoms with E-state index < -0.39 is 29.4 Å². The Morgan fingerprint density at radius 1 is 0.606 bits per heavy atom. The largest absolute Gasteiger partial charge is 0.495 e. The molecule has 17 nitrogen and oxygen atoms in total. The number of halogens is 8. The molecule has 0 saturated carbocycles. The molecule has 0 radical (unpaired) electrons. The van der Waals surface area contributed by atoms with E-state index in [0.717, 1.165) is 67.3 Å². The Labute approximate surface area is 415 Å². The third-order valence-corrected chi connectivity index (χ3v) is 10.7. The quantitative estimate of drug-likeness (QED) is 0.0936. The first kappa shape index (κ1) is 56.3. The Kier molecular flexibility index (Phi) is 20.3. The molecule has 6 heterocycles. The molecule has 2 saturated heterocycles. The first-order chi connectivity index (χ1) is 32.9. The van der Waals surface area contributed by atoms with Crippen molar-refractivity contribution in [3.63, 3.8) is 0 Å². The number of nitrogens with two attached hydrogens (primary N) is 2. The van der Waals surface area contributed by atoms with Crippen LogP contribution in [0.1, 0.15) is 81.0 Å². The number of anilines is 2. The molecule has 0 unspecified atom stereocenters. The Morgan fingerprint density at radius 3 is 1.37 bits per heavy atom. The summed E-state index contributed by atoms with van der Waals surface area (Å²) >= 11 is 0. The summed E-state index contributed by atoms with van der Waals surface area (Å²) in [6.45, 7) is 3.09. The van der Waals surface area contributed by atoms with Crippen LogP contribution in [0.5, 0.6) is 34.5 Å². The van der Waals surface area contributed by atoms with Gasteiger partial charge in [0.25, 0.3) is 5.91 Å². The number of piperidine rings is 2. The summed E-state index contributed by atoms with van der Waals surface area (Å²) in [5, 5.41) is 28.1.